The predicted octanol–water partition coefficient (Wildman–Crippen LogP) is 4.87. The highest BCUT2D eigenvalue weighted by molar-refractivity contribution is 7.99. The molecule has 1 aromatic carbocycles. The second kappa shape index (κ2) is 8.23. The summed E-state index contributed by atoms with van der Waals surface area (Å²) in [6.45, 7) is 0.329. The Kier molecular flexibility index (Phi) is 5.94. The zero-order valence-corrected chi connectivity index (χ0v) is 15.6. The summed E-state index contributed by atoms with van der Waals surface area (Å²) < 4.78 is 45.5. The highest BCUT2D eigenvalue weighted by atomic mass is 35.5. The molecular weight excluding hydrogens is 421 g/mol. The number of pyridine rings is 1. The number of ether oxygens (including phenoxy) is 1. The number of thioether (sulfide) groups is 1. The van der Waals surface area contributed by atoms with Crippen LogP contribution in [0.5, 0.6) is 5.75 Å². The third kappa shape index (κ3) is 4.65. The number of fused-ring (bicyclic) bond motifs is 1. The number of halogens is 4. The van der Waals surface area contributed by atoms with Crippen LogP contribution in [0, 0.1) is 10.1 Å². The van der Waals surface area contributed by atoms with Gasteiger partial charge in [0.2, 0.25) is 0 Å². The normalized spacial score (nSPS) is 11.7. The van der Waals surface area contributed by atoms with E-state index in [1.54, 1.807) is 0 Å². The summed E-state index contributed by atoms with van der Waals surface area (Å²) in [6, 6.07) is 6.50. The lowest BCUT2D eigenvalue weighted by molar-refractivity contribution is -0.384. The Labute approximate surface area is 165 Å². The molecule has 0 aliphatic carbocycles. The lowest BCUT2D eigenvalue weighted by Crippen LogP contribution is -2.07. The molecule has 0 aliphatic rings. The molecule has 0 atom stereocenters. The third-order valence-corrected chi connectivity index (χ3v) is 4.90. The van der Waals surface area contributed by atoms with Gasteiger partial charge in [-0.05, 0) is 24.6 Å². The zero-order valence-electron chi connectivity index (χ0n) is 14.0. The van der Waals surface area contributed by atoms with Crippen molar-refractivity contribution in [3.63, 3.8) is 0 Å². The first-order chi connectivity index (χ1) is 13.3. The first-order valence-electron chi connectivity index (χ1n) is 7.87. The van der Waals surface area contributed by atoms with Crippen molar-refractivity contribution in [1.82, 2.24) is 14.6 Å². The Morgan fingerprint density at radius 2 is 1.96 bits per heavy atom. The summed E-state index contributed by atoms with van der Waals surface area (Å²) in [5.41, 5.74) is -0.758. The number of rotatable bonds is 7. The van der Waals surface area contributed by atoms with Crippen molar-refractivity contribution in [3.8, 4) is 5.75 Å². The number of nitrogens with zero attached hydrogens (tertiary/aromatic N) is 4. The van der Waals surface area contributed by atoms with Crippen LogP contribution >= 0.6 is 23.4 Å². The molecule has 0 radical (unpaired) electrons. The van der Waals surface area contributed by atoms with Crippen LogP contribution in [0.4, 0.5) is 18.9 Å². The molecule has 3 aromatic rings. The SMILES string of the molecule is O=[N+]([O-])c1ccc(OCCCSc2nnc3c(Cl)cc(C(F)(F)F)cn23)cc1. The summed E-state index contributed by atoms with van der Waals surface area (Å²) in [7, 11) is 0. The van der Waals surface area contributed by atoms with E-state index in [4.69, 9.17) is 16.3 Å². The van der Waals surface area contributed by atoms with Crippen LogP contribution in [0.2, 0.25) is 5.02 Å². The van der Waals surface area contributed by atoms with Crippen LogP contribution in [0.1, 0.15) is 12.0 Å². The van der Waals surface area contributed by atoms with Gasteiger partial charge in [0.05, 0.1) is 22.1 Å². The number of nitro benzene ring substituents is 1. The molecule has 0 N–H and O–H groups in total. The molecule has 0 saturated carbocycles. The van der Waals surface area contributed by atoms with E-state index in [1.165, 1.54) is 40.4 Å². The molecule has 0 fully saturated rings. The predicted molar refractivity (Wildman–Crippen MR) is 96.9 cm³/mol. The molecule has 12 heteroatoms. The molecule has 0 spiro atoms. The number of alkyl halides is 3. The molecular formula is C16H12ClF3N4O3S. The Hall–Kier alpha value is -2.53. The summed E-state index contributed by atoms with van der Waals surface area (Å²) in [5, 5.41) is 18.5. The van der Waals surface area contributed by atoms with Crippen LogP contribution in [0.25, 0.3) is 5.65 Å². The molecule has 7 nitrogen and oxygen atoms in total. The van der Waals surface area contributed by atoms with Crippen LogP contribution in [0.3, 0.4) is 0 Å². The standard InChI is InChI=1S/C16H12ClF3N4O3S/c17-13-8-10(16(18,19)20)9-23-14(13)21-22-15(23)28-7-1-6-27-12-4-2-11(3-5-12)24(25)26/h2-5,8-9H,1,6-7H2. The average molecular weight is 433 g/mol. The van der Waals surface area contributed by atoms with E-state index in [9.17, 15) is 23.3 Å². The van der Waals surface area contributed by atoms with Crippen LogP contribution in [-0.2, 0) is 6.18 Å². The second-order valence-electron chi connectivity index (χ2n) is 5.55. The van der Waals surface area contributed by atoms with Gasteiger partial charge in [-0.2, -0.15) is 13.2 Å². The minimum atomic E-state index is -4.53. The van der Waals surface area contributed by atoms with E-state index in [1.807, 2.05) is 0 Å². The molecule has 2 heterocycles. The molecule has 0 aliphatic heterocycles. The maximum absolute atomic E-state index is 12.9. The van der Waals surface area contributed by atoms with Gasteiger partial charge in [-0.25, -0.2) is 0 Å². The largest absolute Gasteiger partial charge is 0.494 e. The van der Waals surface area contributed by atoms with E-state index in [2.05, 4.69) is 10.2 Å². The van der Waals surface area contributed by atoms with Crippen molar-refractivity contribution in [1.29, 1.82) is 0 Å². The summed E-state index contributed by atoms with van der Waals surface area (Å²) in [6.07, 6.45) is -3.04. The number of benzene rings is 1. The van der Waals surface area contributed by atoms with E-state index >= 15 is 0 Å². The van der Waals surface area contributed by atoms with Crippen molar-refractivity contribution in [3.05, 3.63) is 57.2 Å². The van der Waals surface area contributed by atoms with Gasteiger partial charge < -0.3 is 4.74 Å². The van der Waals surface area contributed by atoms with E-state index in [-0.39, 0.29) is 16.4 Å². The van der Waals surface area contributed by atoms with Gasteiger partial charge in [0.1, 0.15) is 5.75 Å². The first kappa shape index (κ1) is 20.2. The minimum Gasteiger partial charge on any atom is -0.494 e. The summed E-state index contributed by atoms with van der Waals surface area (Å²) in [5.74, 6) is 1.01. The lowest BCUT2D eigenvalue weighted by Gasteiger charge is -2.09. The van der Waals surface area contributed by atoms with Gasteiger partial charge in [0, 0.05) is 24.1 Å². The van der Waals surface area contributed by atoms with Crippen LogP contribution < -0.4 is 4.74 Å². The number of non-ortho nitro benzene ring substituents is 1. The molecule has 0 amide bonds. The number of hydrogen-bond donors (Lipinski definition) is 0. The van der Waals surface area contributed by atoms with E-state index in [0.29, 0.717) is 29.7 Å². The summed E-state index contributed by atoms with van der Waals surface area (Å²) in [4.78, 5) is 10.1. The monoisotopic (exact) mass is 432 g/mol. The third-order valence-electron chi connectivity index (χ3n) is 3.59. The highest BCUT2D eigenvalue weighted by Crippen LogP contribution is 2.33. The number of aromatic nitrogens is 3. The van der Waals surface area contributed by atoms with Gasteiger partial charge in [-0.3, -0.25) is 14.5 Å². The number of nitro groups is 1. The lowest BCUT2D eigenvalue weighted by atomic mass is 10.3. The van der Waals surface area contributed by atoms with E-state index < -0.39 is 16.7 Å². The van der Waals surface area contributed by atoms with Crippen LogP contribution in [-0.4, -0.2) is 31.9 Å². The fourth-order valence-corrected chi connectivity index (χ4v) is 3.33. The molecule has 3 rings (SSSR count). The van der Waals surface area contributed by atoms with Gasteiger partial charge >= 0.3 is 6.18 Å². The van der Waals surface area contributed by atoms with Crippen molar-refractivity contribution < 1.29 is 22.8 Å². The zero-order chi connectivity index (χ0) is 20.3. The first-order valence-corrected chi connectivity index (χ1v) is 9.23. The molecule has 28 heavy (non-hydrogen) atoms. The van der Waals surface area contributed by atoms with Crippen LogP contribution in [0.15, 0.2) is 41.7 Å². The van der Waals surface area contributed by atoms with E-state index in [0.717, 1.165) is 12.3 Å². The molecule has 2 aromatic heterocycles. The second-order valence-corrected chi connectivity index (χ2v) is 7.02. The molecule has 0 bridgehead atoms. The van der Waals surface area contributed by atoms with Crippen molar-refractivity contribution >= 4 is 34.7 Å². The maximum Gasteiger partial charge on any atom is 0.417 e. The number of hydrogen-bond acceptors (Lipinski definition) is 6. The Morgan fingerprint density at radius 1 is 1.25 bits per heavy atom. The quantitative estimate of drug-likeness (QED) is 0.229. The van der Waals surface area contributed by atoms with Crippen molar-refractivity contribution in [2.45, 2.75) is 17.8 Å². The van der Waals surface area contributed by atoms with Gasteiger partial charge in [0.25, 0.3) is 5.69 Å². The van der Waals surface area contributed by atoms with Crippen molar-refractivity contribution in [2.24, 2.45) is 0 Å². The van der Waals surface area contributed by atoms with Crippen molar-refractivity contribution in [2.75, 3.05) is 12.4 Å². The Bertz CT molecular complexity index is 995. The molecule has 148 valence electrons. The summed E-state index contributed by atoms with van der Waals surface area (Å²) >= 11 is 7.09. The average Bonchev–Trinajstić information content (AvgIpc) is 3.05. The van der Waals surface area contributed by atoms with Gasteiger partial charge in [-0.1, -0.05) is 23.4 Å². The van der Waals surface area contributed by atoms with Gasteiger partial charge in [0.15, 0.2) is 10.8 Å². The topological polar surface area (TPSA) is 82.6 Å². The fraction of sp³-hybridized carbons (Fsp3) is 0.250. The smallest absolute Gasteiger partial charge is 0.417 e. The van der Waals surface area contributed by atoms with Gasteiger partial charge in [-0.15, -0.1) is 10.2 Å². The minimum absolute atomic E-state index is 0.0292. The Balaban J connectivity index is 1.57. The molecule has 0 saturated heterocycles. The Morgan fingerprint density at radius 3 is 2.61 bits per heavy atom. The highest BCUT2D eigenvalue weighted by Gasteiger charge is 2.32. The molecule has 0 unspecified atom stereocenters. The maximum atomic E-state index is 12.9. The fourth-order valence-electron chi connectivity index (χ4n) is 2.26.